The first-order valence-corrected chi connectivity index (χ1v) is 6.62. The summed E-state index contributed by atoms with van der Waals surface area (Å²) in [5, 5.41) is 3.40. The topological polar surface area (TPSA) is 12.0 Å². The van der Waals surface area contributed by atoms with Crippen LogP contribution in [-0.2, 0) is 0 Å². The molecule has 1 fully saturated rings. The Kier molecular flexibility index (Phi) is 3.71. The third-order valence-electron chi connectivity index (χ3n) is 4.26. The summed E-state index contributed by atoms with van der Waals surface area (Å²) < 4.78 is 26.3. The van der Waals surface area contributed by atoms with Gasteiger partial charge in [0.1, 0.15) is 11.6 Å². The number of benzene rings is 1. The molecular formula is C15H21F2N. The molecule has 1 aliphatic carbocycles. The van der Waals surface area contributed by atoms with Gasteiger partial charge in [-0.2, -0.15) is 0 Å². The monoisotopic (exact) mass is 253 g/mol. The molecule has 0 bridgehead atoms. The summed E-state index contributed by atoms with van der Waals surface area (Å²) in [6.07, 6.45) is 2.50. The second-order valence-corrected chi connectivity index (χ2v) is 5.82. The van der Waals surface area contributed by atoms with Gasteiger partial charge in [-0.15, -0.1) is 0 Å². The van der Waals surface area contributed by atoms with Gasteiger partial charge in [-0.3, -0.25) is 0 Å². The Hall–Kier alpha value is -0.960. The Morgan fingerprint density at radius 3 is 2.11 bits per heavy atom. The second kappa shape index (κ2) is 4.96. The van der Waals surface area contributed by atoms with Crippen LogP contribution in [-0.4, -0.2) is 6.54 Å². The Morgan fingerprint density at radius 1 is 1.11 bits per heavy atom. The van der Waals surface area contributed by atoms with Gasteiger partial charge in [0, 0.05) is 18.7 Å². The minimum atomic E-state index is -0.511. The summed E-state index contributed by atoms with van der Waals surface area (Å²) in [6, 6.07) is 3.68. The molecular weight excluding hydrogens is 232 g/mol. The molecule has 2 rings (SSSR count). The van der Waals surface area contributed by atoms with E-state index in [9.17, 15) is 8.78 Å². The molecule has 100 valence electrons. The van der Waals surface area contributed by atoms with Crippen molar-refractivity contribution < 1.29 is 8.78 Å². The standard InChI is InChI=1S/C15H21F2N/c1-10(2)15(4-5-15)9-18-11(3)12-6-13(16)8-14(17)7-12/h6-8,10-11,18H,4-5,9H2,1-3H3. The van der Waals surface area contributed by atoms with Crippen molar-refractivity contribution in [2.24, 2.45) is 11.3 Å². The van der Waals surface area contributed by atoms with Crippen LogP contribution in [0.4, 0.5) is 8.78 Å². The smallest absolute Gasteiger partial charge is 0.126 e. The molecule has 1 nitrogen and oxygen atoms in total. The van der Waals surface area contributed by atoms with E-state index < -0.39 is 11.6 Å². The molecule has 0 saturated heterocycles. The van der Waals surface area contributed by atoms with E-state index in [1.54, 1.807) is 0 Å². The molecule has 1 N–H and O–H groups in total. The Bertz CT molecular complexity index is 404. The van der Waals surface area contributed by atoms with Crippen molar-refractivity contribution in [1.29, 1.82) is 0 Å². The SMILES string of the molecule is CC(NCC1(C(C)C)CC1)c1cc(F)cc(F)c1. The van der Waals surface area contributed by atoms with Crippen LogP contribution in [0.2, 0.25) is 0 Å². The van der Waals surface area contributed by atoms with Gasteiger partial charge >= 0.3 is 0 Å². The second-order valence-electron chi connectivity index (χ2n) is 5.82. The molecule has 0 radical (unpaired) electrons. The first-order valence-electron chi connectivity index (χ1n) is 6.62. The van der Waals surface area contributed by atoms with E-state index in [1.807, 2.05) is 6.92 Å². The number of rotatable bonds is 5. The van der Waals surface area contributed by atoms with Gasteiger partial charge in [0.25, 0.3) is 0 Å². The molecule has 0 heterocycles. The lowest BCUT2D eigenvalue weighted by Crippen LogP contribution is -2.29. The Morgan fingerprint density at radius 2 is 1.67 bits per heavy atom. The molecule has 1 unspecified atom stereocenters. The van der Waals surface area contributed by atoms with Crippen LogP contribution in [0.3, 0.4) is 0 Å². The van der Waals surface area contributed by atoms with Crippen LogP contribution in [0.25, 0.3) is 0 Å². The molecule has 1 saturated carbocycles. The fraction of sp³-hybridized carbons (Fsp3) is 0.600. The van der Waals surface area contributed by atoms with Crippen LogP contribution in [0.1, 0.15) is 45.2 Å². The molecule has 0 spiro atoms. The Balaban J connectivity index is 1.97. The van der Waals surface area contributed by atoms with Gasteiger partial charge in [-0.05, 0) is 48.8 Å². The summed E-state index contributed by atoms with van der Waals surface area (Å²) in [6.45, 7) is 7.34. The lowest BCUT2D eigenvalue weighted by Gasteiger charge is -2.23. The lowest BCUT2D eigenvalue weighted by atomic mass is 9.92. The molecule has 0 aromatic heterocycles. The molecule has 1 atom stereocenters. The molecule has 18 heavy (non-hydrogen) atoms. The minimum Gasteiger partial charge on any atom is -0.310 e. The third kappa shape index (κ3) is 2.89. The van der Waals surface area contributed by atoms with Gasteiger partial charge in [0.2, 0.25) is 0 Å². The normalized spacial score (nSPS) is 19.0. The van der Waals surface area contributed by atoms with E-state index in [0.29, 0.717) is 16.9 Å². The number of halogens is 2. The summed E-state index contributed by atoms with van der Waals surface area (Å²) in [5.41, 5.74) is 1.08. The van der Waals surface area contributed by atoms with Crippen molar-refractivity contribution in [2.45, 2.75) is 39.7 Å². The summed E-state index contributed by atoms with van der Waals surface area (Å²) in [4.78, 5) is 0. The average molecular weight is 253 g/mol. The number of hydrogen-bond acceptors (Lipinski definition) is 1. The maximum Gasteiger partial charge on any atom is 0.126 e. The lowest BCUT2D eigenvalue weighted by molar-refractivity contribution is 0.324. The van der Waals surface area contributed by atoms with Gasteiger partial charge in [0.05, 0.1) is 0 Å². The maximum atomic E-state index is 13.1. The zero-order chi connectivity index (χ0) is 13.3. The predicted molar refractivity (Wildman–Crippen MR) is 69.3 cm³/mol. The van der Waals surface area contributed by atoms with Crippen molar-refractivity contribution in [3.8, 4) is 0 Å². The number of nitrogens with one attached hydrogen (secondary N) is 1. The fourth-order valence-electron chi connectivity index (χ4n) is 2.42. The van der Waals surface area contributed by atoms with Crippen molar-refractivity contribution in [1.82, 2.24) is 5.32 Å². The Labute approximate surface area is 108 Å². The maximum absolute atomic E-state index is 13.1. The highest BCUT2D eigenvalue weighted by molar-refractivity contribution is 5.21. The average Bonchev–Trinajstić information content (AvgIpc) is 3.05. The predicted octanol–water partition coefficient (Wildman–Crippen LogP) is 4.05. The fourth-order valence-corrected chi connectivity index (χ4v) is 2.42. The molecule has 0 amide bonds. The van der Waals surface area contributed by atoms with Gasteiger partial charge < -0.3 is 5.32 Å². The van der Waals surface area contributed by atoms with E-state index in [-0.39, 0.29) is 6.04 Å². The van der Waals surface area contributed by atoms with Crippen LogP contribution in [0, 0.1) is 23.0 Å². The van der Waals surface area contributed by atoms with E-state index in [0.717, 1.165) is 12.6 Å². The minimum absolute atomic E-state index is 0.0218. The van der Waals surface area contributed by atoms with Crippen molar-refractivity contribution in [2.75, 3.05) is 6.54 Å². The highest BCUT2D eigenvalue weighted by Crippen LogP contribution is 2.51. The zero-order valence-corrected chi connectivity index (χ0v) is 11.3. The molecule has 1 aliphatic rings. The summed E-state index contributed by atoms with van der Waals surface area (Å²) in [7, 11) is 0. The molecule has 3 heteroatoms. The van der Waals surface area contributed by atoms with E-state index in [2.05, 4.69) is 19.2 Å². The van der Waals surface area contributed by atoms with Crippen molar-refractivity contribution >= 4 is 0 Å². The summed E-state index contributed by atoms with van der Waals surface area (Å²) in [5.74, 6) is -0.367. The van der Waals surface area contributed by atoms with Gasteiger partial charge in [0.15, 0.2) is 0 Å². The van der Waals surface area contributed by atoms with Gasteiger partial charge in [-0.1, -0.05) is 13.8 Å². The first kappa shape index (κ1) is 13.5. The summed E-state index contributed by atoms with van der Waals surface area (Å²) >= 11 is 0. The largest absolute Gasteiger partial charge is 0.310 e. The third-order valence-corrected chi connectivity index (χ3v) is 4.26. The quantitative estimate of drug-likeness (QED) is 0.834. The molecule has 1 aromatic carbocycles. The molecule has 0 aliphatic heterocycles. The van der Waals surface area contributed by atoms with E-state index in [4.69, 9.17) is 0 Å². The van der Waals surface area contributed by atoms with Crippen LogP contribution in [0.5, 0.6) is 0 Å². The van der Waals surface area contributed by atoms with Crippen molar-refractivity contribution in [3.63, 3.8) is 0 Å². The number of hydrogen-bond donors (Lipinski definition) is 1. The first-order chi connectivity index (χ1) is 8.43. The van der Waals surface area contributed by atoms with E-state index >= 15 is 0 Å². The highest BCUT2D eigenvalue weighted by Gasteiger charge is 2.44. The zero-order valence-electron chi connectivity index (χ0n) is 11.3. The molecule has 1 aromatic rings. The van der Waals surface area contributed by atoms with E-state index in [1.165, 1.54) is 25.0 Å². The van der Waals surface area contributed by atoms with Gasteiger partial charge in [-0.25, -0.2) is 8.78 Å². The van der Waals surface area contributed by atoms with Crippen LogP contribution in [0.15, 0.2) is 18.2 Å². The van der Waals surface area contributed by atoms with Crippen molar-refractivity contribution in [3.05, 3.63) is 35.4 Å². The highest BCUT2D eigenvalue weighted by atomic mass is 19.1. The van der Waals surface area contributed by atoms with Crippen LogP contribution < -0.4 is 5.32 Å². The van der Waals surface area contributed by atoms with Crippen LogP contribution >= 0.6 is 0 Å².